The van der Waals surface area contributed by atoms with Gasteiger partial charge in [-0.25, -0.2) is 4.39 Å². The van der Waals surface area contributed by atoms with Crippen LogP contribution in [0.3, 0.4) is 0 Å². The van der Waals surface area contributed by atoms with Gasteiger partial charge in [-0.2, -0.15) is 5.10 Å². The van der Waals surface area contributed by atoms with Gasteiger partial charge in [-0.3, -0.25) is 11.3 Å². The number of hydrazine groups is 1. The Kier molecular flexibility index (Phi) is 4.84. The van der Waals surface area contributed by atoms with Gasteiger partial charge in [0.05, 0.1) is 23.9 Å². The minimum Gasteiger partial charge on any atom is -0.480 e. The number of halogens is 2. The number of ether oxygens (including phenoxy) is 1. The number of benzene rings is 1. The molecule has 1 heterocycles. The molecule has 7 heteroatoms. The van der Waals surface area contributed by atoms with E-state index in [1.807, 2.05) is 0 Å². The molecule has 0 spiro atoms. The van der Waals surface area contributed by atoms with Crippen LogP contribution in [0.4, 0.5) is 4.39 Å². The maximum absolute atomic E-state index is 13.1. The van der Waals surface area contributed by atoms with Gasteiger partial charge >= 0.3 is 0 Å². The van der Waals surface area contributed by atoms with Gasteiger partial charge < -0.3 is 4.74 Å². The van der Waals surface area contributed by atoms with E-state index in [1.165, 1.54) is 13.2 Å². The van der Waals surface area contributed by atoms with E-state index in [2.05, 4.69) is 15.6 Å². The maximum atomic E-state index is 13.1. The average Bonchev–Trinajstić information content (AvgIpc) is 2.48. The molecule has 0 fully saturated rings. The summed E-state index contributed by atoms with van der Waals surface area (Å²) in [5, 5.41) is 8.00. The molecule has 1 unspecified atom stereocenters. The summed E-state index contributed by atoms with van der Waals surface area (Å²) in [6.07, 6.45) is 0.511. The predicted octanol–water partition coefficient (Wildman–Crippen LogP) is 2.02. The standard InChI is InChI=1S/C13H14ClFN4O/c1-20-13-5-4-11(18-19-13)12(17-16)7-8-2-3-10(15)9(14)6-8/h2-6,12,17H,7,16H2,1H3. The number of nitrogens with zero attached hydrogens (tertiary/aromatic N) is 2. The van der Waals surface area contributed by atoms with Crippen molar-refractivity contribution in [1.29, 1.82) is 0 Å². The number of nitrogens with two attached hydrogens (primary N) is 1. The maximum Gasteiger partial charge on any atom is 0.233 e. The molecule has 1 aromatic carbocycles. The van der Waals surface area contributed by atoms with Crippen LogP contribution in [0.5, 0.6) is 5.88 Å². The van der Waals surface area contributed by atoms with Crippen molar-refractivity contribution in [3.63, 3.8) is 0 Å². The summed E-state index contributed by atoms with van der Waals surface area (Å²) in [6.45, 7) is 0. The molecule has 0 aliphatic rings. The number of aromatic nitrogens is 2. The summed E-state index contributed by atoms with van der Waals surface area (Å²) in [5.41, 5.74) is 4.16. The summed E-state index contributed by atoms with van der Waals surface area (Å²) in [5.74, 6) is 5.51. The molecule has 2 aromatic rings. The molecule has 0 saturated heterocycles. The molecule has 1 atom stereocenters. The van der Waals surface area contributed by atoms with Crippen molar-refractivity contribution >= 4 is 11.6 Å². The Balaban J connectivity index is 2.16. The second kappa shape index (κ2) is 6.60. The smallest absolute Gasteiger partial charge is 0.233 e. The zero-order valence-electron chi connectivity index (χ0n) is 10.8. The predicted molar refractivity (Wildman–Crippen MR) is 73.8 cm³/mol. The number of rotatable bonds is 5. The fourth-order valence-electron chi connectivity index (χ4n) is 1.78. The van der Waals surface area contributed by atoms with E-state index in [4.69, 9.17) is 22.2 Å². The third-order valence-corrected chi connectivity index (χ3v) is 3.14. The topological polar surface area (TPSA) is 73.1 Å². The van der Waals surface area contributed by atoms with Crippen LogP contribution in [0.2, 0.25) is 5.02 Å². The molecule has 0 aliphatic carbocycles. The SMILES string of the molecule is COc1ccc(C(Cc2ccc(F)c(Cl)c2)NN)nn1. The minimum absolute atomic E-state index is 0.0825. The summed E-state index contributed by atoms with van der Waals surface area (Å²) in [4.78, 5) is 0. The number of methoxy groups -OCH3 is 1. The lowest BCUT2D eigenvalue weighted by Crippen LogP contribution is -2.30. The fourth-order valence-corrected chi connectivity index (χ4v) is 1.98. The number of hydrogen-bond acceptors (Lipinski definition) is 5. The summed E-state index contributed by atoms with van der Waals surface area (Å²) in [7, 11) is 1.52. The monoisotopic (exact) mass is 296 g/mol. The molecule has 20 heavy (non-hydrogen) atoms. The zero-order valence-corrected chi connectivity index (χ0v) is 11.6. The van der Waals surface area contributed by atoms with E-state index in [0.29, 0.717) is 18.0 Å². The first-order valence-corrected chi connectivity index (χ1v) is 6.29. The Morgan fingerprint density at radius 1 is 1.35 bits per heavy atom. The molecule has 0 bridgehead atoms. The molecule has 2 rings (SSSR count). The van der Waals surface area contributed by atoms with Gasteiger partial charge in [0.25, 0.3) is 0 Å². The minimum atomic E-state index is -0.447. The highest BCUT2D eigenvalue weighted by molar-refractivity contribution is 6.30. The van der Waals surface area contributed by atoms with Gasteiger partial charge in [-0.15, -0.1) is 5.10 Å². The highest BCUT2D eigenvalue weighted by Crippen LogP contribution is 2.21. The van der Waals surface area contributed by atoms with Crippen LogP contribution in [0.15, 0.2) is 30.3 Å². The van der Waals surface area contributed by atoms with Crippen molar-refractivity contribution in [2.24, 2.45) is 5.84 Å². The van der Waals surface area contributed by atoms with E-state index in [-0.39, 0.29) is 11.1 Å². The molecule has 0 aliphatic heterocycles. The molecule has 106 valence electrons. The summed E-state index contributed by atoms with van der Waals surface area (Å²) >= 11 is 5.75. The second-order valence-corrected chi connectivity index (χ2v) is 4.58. The van der Waals surface area contributed by atoms with Crippen LogP contribution in [-0.2, 0) is 6.42 Å². The van der Waals surface area contributed by atoms with Crippen LogP contribution in [0.1, 0.15) is 17.3 Å². The van der Waals surface area contributed by atoms with Crippen LogP contribution in [0, 0.1) is 5.82 Å². The molecule has 3 N–H and O–H groups in total. The quantitative estimate of drug-likeness (QED) is 0.652. The zero-order chi connectivity index (χ0) is 14.5. The van der Waals surface area contributed by atoms with E-state index in [9.17, 15) is 4.39 Å². The molecular formula is C13H14ClFN4O. The molecule has 0 amide bonds. The normalized spacial score (nSPS) is 12.2. The molecule has 0 radical (unpaired) electrons. The van der Waals surface area contributed by atoms with Gasteiger partial charge in [0, 0.05) is 6.07 Å². The number of nitrogens with one attached hydrogen (secondary N) is 1. The third kappa shape index (κ3) is 3.41. The van der Waals surface area contributed by atoms with Gasteiger partial charge in [0.15, 0.2) is 0 Å². The first kappa shape index (κ1) is 14.6. The first-order valence-electron chi connectivity index (χ1n) is 5.91. The van der Waals surface area contributed by atoms with Crippen LogP contribution in [-0.4, -0.2) is 17.3 Å². The lowest BCUT2D eigenvalue weighted by molar-refractivity contribution is 0.389. The van der Waals surface area contributed by atoms with Crippen molar-refractivity contribution in [1.82, 2.24) is 15.6 Å². The van der Waals surface area contributed by atoms with E-state index in [0.717, 1.165) is 5.56 Å². The van der Waals surface area contributed by atoms with Crippen molar-refractivity contribution < 1.29 is 9.13 Å². The second-order valence-electron chi connectivity index (χ2n) is 4.17. The molecule has 0 saturated carbocycles. The van der Waals surface area contributed by atoms with Gasteiger partial charge in [-0.1, -0.05) is 17.7 Å². The fraction of sp³-hybridized carbons (Fsp3) is 0.231. The van der Waals surface area contributed by atoms with Gasteiger partial charge in [0.1, 0.15) is 5.82 Å². The van der Waals surface area contributed by atoms with Crippen LogP contribution >= 0.6 is 11.6 Å². The highest BCUT2D eigenvalue weighted by Gasteiger charge is 2.14. The molecule has 5 nitrogen and oxygen atoms in total. The number of hydrogen-bond donors (Lipinski definition) is 2. The first-order chi connectivity index (χ1) is 9.63. The molecule has 1 aromatic heterocycles. The Hall–Kier alpha value is -1.76. The van der Waals surface area contributed by atoms with Gasteiger partial charge in [-0.05, 0) is 30.2 Å². The lowest BCUT2D eigenvalue weighted by atomic mass is 10.0. The Bertz CT molecular complexity index is 579. The Morgan fingerprint density at radius 3 is 2.70 bits per heavy atom. The summed E-state index contributed by atoms with van der Waals surface area (Å²) < 4.78 is 18.1. The summed E-state index contributed by atoms with van der Waals surface area (Å²) in [6, 6.07) is 7.76. The van der Waals surface area contributed by atoms with E-state index in [1.54, 1.807) is 24.3 Å². The van der Waals surface area contributed by atoms with E-state index < -0.39 is 5.82 Å². The lowest BCUT2D eigenvalue weighted by Gasteiger charge is -2.15. The third-order valence-electron chi connectivity index (χ3n) is 2.85. The Morgan fingerprint density at radius 2 is 2.15 bits per heavy atom. The van der Waals surface area contributed by atoms with E-state index >= 15 is 0 Å². The van der Waals surface area contributed by atoms with Crippen molar-refractivity contribution in [3.05, 3.63) is 52.4 Å². The molecular weight excluding hydrogens is 283 g/mol. The highest BCUT2D eigenvalue weighted by atomic mass is 35.5. The van der Waals surface area contributed by atoms with Crippen molar-refractivity contribution in [2.75, 3.05) is 7.11 Å². The van der Waals surface area contributed by atoms with Gasteiger partial charge in [0.2, 0.25) is 5.88 Å². The van der Waals surface area contributed by atoms with Crippen LogP contribution < -0.4 is 16.0 Å². The van der Waals surface area contributed by atoms with Crippen molar-refractivity contribution in [2.45, 2.75) is 12.5 Å². The Labute approximate surface area is 120 Å². The van der Waals surface area contributed by atoms with Crippen LogP contribution in [0.25, 0.3) is 0 Å². The largest absolute Gasteiger partial charge is 0.480 e. The average molecular weight is 297 g/mol. The van der Waals surface area contributed by atoms with Crippen molar-refractivity contribution in [3.8, 4) is 5.88 Å².